The van der Waals surface area contributed by atoms with Crippen molar-refractivity contribution in [2.45, 2.75) is 6.54 Å². The smallest absolute Gasteiger partial charge is 0.278 e. The summed E-state index contributed by atoms with van der Waals surface area (Å²) in [6, 6.07) is 15.4. The van der Waals surface area contributed by atoms with Gasteiger partial charge in [0.25, 0.3) is 17.5 Å². The first-order valence-electron chi connectivity index (χ1n) is 9.75. The molecule has 0 radical (unpaired) electrons. The van der Waals surface area contributed by atoms with Crippen molar-refractivity contribution in [1.82, 2.24) is 9.88 Å². The first kappa shape index (κ1) is 22.0. The number of benzene rings is 2. The van der Waals surface area contributed by atoms with Crippen LogP contribution in [0.3, 0.4) is 0 Å². The fourth-order valence-corrected chi connectivity index (χ4v) is 3.59. The molecule has 2 aromatic carbocycles. The van der Waals surface area contributed by atoms with E-state index in [0.29, 0.717) is 27.7 Å². The van der Waals surface area contributed by atoms with Crippen molar-refractivity contribution < 1.29 is 19.2 Å². The molecule has 0 bridgehead atoms. The van der Waals surface area contributed by atoms with Crippen LogP contribution in [0.1, 0.15) is 11.3 Å². The number of nitrogens with zero attached hydrogens (tertiary/aromatic N) is 3. The maximum atomic E-state index is 13.3. The Balaban J connectivity index is 1.79. The van der Waals surface area contributed by atoms with Crippen molar-refractivity contribution in [2.24, 2.45) is 0 Å². The van der Waals surface area contributed by atoms with Gasteiger partial charge in [-0.05, 0) is 48.0 Å². The Kier molecular flexibility index (Phi) is 6.05. The molecule has 0 unspecified atom stereocenters. The Bertz CT molecular complexity index is 1280. The van der Waals surface area contributed by atoms with Gasteiger partial charge in [0.2, 0.25) is 0 Å². The second-order valence-electron chi connectivity index (χ2n) is 7.04. The zero-order chi connectivity index (χ0) is 23.5. The average Bonchev–Trinajstić information content (AvgIpc) is 3.04. The number of imide groups is 1. The highest BCUT2D eigenvalue weighted by Gasteiger charge is 2.39. The SMILES string of the molecule is COc1ccc(Cl)cc1NC1=C(c2ccc([N+](=O)[O-])cc2)C(=O)N(Cc2ccccn2)C1=O. The Morgan fingerprint density at radius 3 is 2.48 bits per heavy atom. The van der Waals surface area contributed by atoms with Crippen LogP contribution in [-0.2, 0) is 16.1 Å². The van der Waals surface area contributed by atoms with Crippen LogP contribution in [0.15, 0.2) is 72.6 Å². The number of carbonyl (C=O) groups is 2. The molecule has 1 aliphatic heterocycles. The minimum absolute atomic E-state index is 0.00495. The standard InChI is InChI=1S/C23H17ClN4O5/c1-33-19-10-7-15(24)12-18(19)26-21-20(14-5-8-17(9-6-14)28(31)32)22(29)27(23(21)30)13-16-4-2-3-11-25-16/h2-12,26H,13H2,1H3. The monoisotopic (exact) mass is 464 g/mol. The Morgan fingerprint density at radius 1 is 1.09 bits per heavy atom. The number of non-ortho nitro benzene ring substituents is 1. The molecule has 0 fully saturated rings. The van der Waals surface area contributed by atoms with Crippen LogP contribution in [0, 0.1) is 10.1 Å². The number of rotatable bonds is 7. The van der Waals surface area contributed by atoms with Gasteiger partial charge in [-0.2, -0.15) is 0 Å². The lowest BCUT2D eigenvalue weighted by Crippen LogP contribution is -2.32. The molecule has 33 heavy (non-hydrogen) atoms. The van der Waals surface area contributed by atoms with Crippen molar-refractivity contribution in [3.63, 3.8) is 0 Å². The molecule has 2 amide bonds. The molecule has 0 atom stereocenters. The number of nitro benzene ring substituents is 1. The summed E-state index contributed by atoms with van der Waals surface area (Å²) in [5.41, 5.74) is 1.22. The Hall–Kier alpha value is -4.24. The van der Waals surface area contributed by atoms with Gasteiger partial charge >= 0.3 is 0 Å². The first-order valence-corrected chi connectivity index (χ1v) is 10.1. The molecule has 1 aromatic heterocycles. The molecule has 1 N–H and O–H groups in total. The van der Waals surface area contributed by atoms with Crippen molar-refractivity contribution in [2.75, 3.05) is 12.4 Å². The molecule has 0 aliphatic carbocycles. The lowest BCUT2D eigenvalue weighted by atomic mass is 10.0. The van der Waals surface area contributed by atoms with Crippen LogP contribution in [0.5, 0.6) is 5.75 Å². The van der Waals surface area contributed by atoms with E-state index >= 15 is 0 Å². The van der Waals surface area contributed by atoms with Gasteiger partial charge in [0.15, 0.2) is 0 Å². The van der Waals surface area contributed by atoms with E-state index in [-0.39, 0.29) is 23.5 Å². The number of hydrogen-bond donors (Lipinski definition) is 1. The fraction of sp³-hybridized carbons (Fsp3) is 0.0870. The Labute approximate surface area is 193 Å². The van der Waals surface area contributed by atoms with Crippen LogP contribution in [0.25, 0.3) is 5.57 Å². The number of ether oxygens (including phenoxy) is 1. The van der Waals surface area contributed by atoms with E-state index in [4.69, 9.17) is 16.3 Å². The normalized spacial score (nSPS) is 13.5. The average molecular weight is 465 g/mol. The molecule has 0 saturated carbocycles. The zero-order valence-corrected chi connectivity index (χ0v) is 18.1. The second-order valence-corrected chi connectivity index (χ2v) is 7.48. The number of methoxy groups -OCH3 is 1. The highest BCUT2D eigenvalue weighted by Crippen LogP contribution is 2.35. The second kappa shape index (κ2) is 9.09. The third-order valence-corrected chi connectivity index (χ3v) is 5.24. The first-order chi connectivity index (χ1) is 15.9. The van der Waals surface area contributed by atoms with Gasteiger partial charge in [-0.25, -0.2) is 0 Å². The van der Waals surface area contributed by atoms with Gasteiger partial charge in [-0.3, -0.25) is 29.6 Å². The molecule has 0 spiro atoms. The molecular weight excluding hydrogens is 448 g/mol. The lowest BCUT2D eigenvalue weighted by Gasteiger charge is -2.15. The number of halogens is 1. The quantitative estimate of drug-likeness (QED) is 0.318. The number of nitrogens with one attached hydrogen (secondary N) is 1. The fourth-order valence-electron chi connectivity index (χ4n) is 3.42. The predicted octanol–water partition coefficient (Wildman–Crippen LogP) is 4.04. The summed E-state index contributed by atoms with van der Waals surface area (Å²) in [5, 5.41) is 14.4. The minimum Gasteiger partial charge on any atom is -0.495 e. The third kappa shape index (κ3) is 4.39. The summed E-state index contributed by atoms with van der Waals surface area (Å²) >= 11 is 6.11. The summed E-state index contributed by atoms with van der Waals surface area (Å²) in [7, 11) is 1.47. The summed E-state index contributed by atoms with van der Waals surface area (Å²) in [5.74, 6) is -0.706. The summed E-state index contributed by atoms with van der Waals surface area (Å²) < 4.78 is 5.34. The molecule has 2 heterocycles. The molecule has 3 aromatic rings. The molecular formula is C23H17ClN4O5. The molecule has 1 aliphatic rings. The van der Waals surface area contributed by atoms with Gasteiger partial charge < -0.3 is 10.1 Å². The van der Waals surface area contributed by atoms with Crippen LogP contribution < -0.4 is 10.1 Å². The molecule has 10 heteroatoms. The van der Waals surface area contributed by atoms with E-state index in [1.165, 1.54) is 31.4 Å². The maximum Gasteiger partial charge on any atom is 0.278 e. The van der Waals surface area contributed by atoms with Gasteiger partial charge in [-0.1, -0.05) is 17.7 Å². The summed E-state index contributed by atoms with van der Waals surface area (Å²) in [6.07, 6.45) is 1.57. The highest BCUT2D eigenvalue weighted by molar-refractivity contribution is 6.36. The van der Waals surface area contributed by atoms with Crippen LogP contribution in [-0.4, -0.2) is 33.7 Å². The van der Waals surface area contributed by atoms with Gasteiger partial charge in [0, 0.05) is 23.4 Å². The van der Waals surface area contributed by atoms with Crippen molar-refractivity contribution >= 4 is 40.4 Å². The number of carbonyl (C=O) groups excluding carboxylic acids is 2. The summed E-state index contributed by atoms with van der Waals surface area (Å²) in [4.78, 5) is 42.4. The van der Waals surface area contributed by atoms with E-state index in [9.17, 15) is 19.7 Å². The van der Waals surface area contributed by atoms with E-state index in [1.54, 1.807) is 42.6 Å². The Morgan fingerprint density at radius 2 is 1.85 bits per heavy atom. The number of anilines is 1. The van der Waals surface area contributed by atoms with Gasteiger partial charge in [0.05, 0.1) is 35.5 Å². The largest absolute Gasteiger partial charge is 0.495 e. The van der Waals surface area contributed by atoms with Crippen LogP contribution in [0.2, 0.25) is 5.02 Å². The molecule has 166 valence electrons. The zero-order valence-electron chi connectivity index (χ0n) is 17.3. The summed E-state index contributed by atoms with van der Waals surface area (Å²) in [6.45, 7) is -0.0349. The number of nitro groups is 1. The van der Waals surface area contributed by atoms with Gasteiger partial charge in [-0.15, -0.1) is 0 Å². The number of aromatic nitrogens is 1. The highest BCUT2D eigenvalue weighted by atomic mass is 35.5. The predicted molar refractivity (Wildman–Crippen MR) is 121 cm³/mol. The number of amides is 2. The number of hydrogen-bond acceptors (Lipinski definition) is 7. The van der Waals surface area contributed by atoms with E-state index in [0.717, 1.165) is 4.90 Å². The van der Waals surface area contributed by atoms with Crippen LogP contribution >= 0.6 is 11.6 Å². The van der Waals surface area contributed by atoms with Gasteiger partial charge in [0.1, 0.15) is 11.4 Å². The molecule has 4 rings (SSSR count). The topological polar surface area (TPSA) is 115 Å². The van der Waals surface area contributed by atoms with E-state index in [2.05, 4.69) is 10.3 Å². The minimum atomic E-state index is -0.568. The van der Waals surface area contributed by atoms with Crippen molar-refractivity contribution in [3.8, 4) is 5.75 Å². The van der Waals surface area contributed by atoms with E-state index < -0.39 is 16.7 Å². The molecule has 0 saturated heterocycles. The number of pyridine rings is 1. The lowest BCUT2D eigenvalue weighted by molar-refractivity contribution is -0.384. The third-order valence-electron chi connectivity index (χ3n) is 5.00. The van der Waals surface area contributed by atoms with Crippen molar-refractivity contribution in [3.05, 3.63) is 99.0 Å². The van der Waals surface area contributed by atoms with Crippen LogP contribution in [0.4, 0.5) is 11.4 Å². The van der Waals surface area contributed by atoms with E-state index in [1.807, 2.05) is 0 Å². The maximum absolute atomic E-state index is 13.3. The van der Waals surface area contributed by atoms with Crippen molar-refractivity contribution in [1.29, 1.82) is 0 Å². The molecule has 9 nitrogen and oxygen atoms in total.